The van der Waals surface area contributed by atoms with Crippen LogP contribution in [-0.2, 0) is 22.2 Å². The van der Waals surface area contributed by atoms with E-state index in [9.17, 15) is 22.8 Å². The number of halogens is 4. The second-order valence-corrected chi connectivity index (χ2v) is 6.75. The summed E-state index contributed by atoms with van der Waals surface area (Å²) in [6.07, 6.45) is -3.58. The lowest BCUT2D eigenvalue weighted by Crippen LogP contribution is -2.21. The van der Waals surface area contributed by atoms with E-state index in [0.29, 0.717) is 24.3 Å². The molecule has 2 amide bonds. The predicted octanol–water partition coefficient (Wildman–Crippen LogP) is 4.37. The van der Waals surface area contributed by atoms with Gasteiger partial charge in [0.05, 0.1) is 5.56 Å². The van der Waals surface area contributed by atoms with Gasteiger partial charge in [0.1, 0.15) is 5.75 Å². The fourth-order valence-electron chi connectivity index (χ4n) is 2.62. The topological polar surface area (TPSA) is 67.4 Å². The van der Waals surface area contributed by atoms with E-state index in [4.69, 9.17) is 4.74 Å². The molecular formula is C18H14BrF3N2O3. The number of carbonyl (C=O) groups excluding carboxylic acids is 2. The molecule has 2 aromatic rings. The molecule has 3 rings (SSSR count). The maximum atomic E-state index is 12.9. The number of carbonyl (C=O) groups is 2. The van der Waals surface area contributed by atoms with Crippen LogP contribution in [0.4, 0.5) is 24.5 Å². The molecule has 0 aromatic heterocycles. The van der Waals surface area contributed by atoms with Gasteiger partial charge in [-0.25, -0.2) is 0 Å². The van der Waals surface area contributed by atoms with Crippen LogP contribution in [0.1, 0.15) is 17.5 Å². The molecule has 5 nitrogen and oxygen atoms in total. The van der Waals surface area contributed by atoms with Crippen molar-refractivity contribution < 1.29 is 27.5 Å². The summed E-state index contributed by atoms with van der Waals surface area (Å²) < 4.78 is 44.0. The minimum absolute atomic E-state index is 0.0206. The van der Waals surface area contributed by atoms with Gasteiger partial charge in [0.15, 0.2) is 6.61 Å². The molecule has 0 unspecified atom stereocenters. The van der Waals surface area contributed by atoms with E-state index in [0.717, 1.165) is 11.6 Å². The average Bonchev–Trinajstić information content (AvgIpc) is 2.60. The van der Waals surface area contributed by atoms with Gasteiger partial charge in [-0.05, 0) is 48.4 Å². The average molecular weight is 443 g/mol. The van der Waals surface area contributed by atoms with Gasteiger partial charge in [-0.15, -0.1) is 0 Å². The van der Waals surface area contributed by atoms with Gasteiger partial charge in [0, 0.05) is 22.3 Å². The Kier molecular flexibility index (Phi) is 5.41. The highest BCUT2D eigenvalue weighted by molar-refractivity contribution is 9.10. The van der Waals surface area contributed by atoms with E-state index in [-0.39, 0.29) is 22.7 Å². The first-order chi connectivity index (χ1) is 12.7. The molecule has 0 atom stereocenters. The van der Waals surface area contributed by atoms with E-state index in [1.165, 1.54) is 12.1 Å². The standard InChI is InChI=1S/C18H14BrF3N2O3/c19-14-4-2-11(8-13(14)18(20,21)22)23-17(26)9-27-12-3-5-15-10(7-12)1-6-16(25)24-15/h2-5,7-8H,1,6,9H2,(H,23,26)(H,24,25). The highest BCUT2D eigenvalue weighted by atomic mass is 79.9. The Balaban J connectivity index is 1.61. The summed E-state index contributed by atoms with van der Waals surface area (Å²) in [5.74, 6) is -0.202. The number of benzene rings is 2. The lowest BCUT2D eigenvalue weighted by molar-refractivity contribution is -0.138. The SMILES string of the molecule is O=C(COc1ccc2c(c1)CCC(=O)N2)Nc1ccc(Br)c(C(F)(F)F)c1. The summed E-state index contributed by atoms with van der Waals surface area (Å²) in [6, 6.07) is 8.45. The third-order valence-corrected chi connectivity index (χ3v) is 4.59. The minimum Gasteiger partial charge on any atom is -0.484 e. The first kappa shape index (κ1) is 19.2. The van der Waals surface area contributed by atoms with Gasteiger partial charge in [-0.1, -0.05) is 15.9 Å². The molecule has 0 spiro atoms. The van der Waals surface area contributed by atoms with E-state index in [1.54, 1.807) is 18.2 Å². The Morgan fingerprint density at radius 1 is 1.19 bits per heavy atom. The summed E-state index contributed by atoms with van der Waals surface area (Å²) in [6.45, 7) is -0.359. The third-order valence-electron chi connectivity index (χ3n) is 3.90. The highest BCUT2D eigenvalue weighted by Gasteiger charge is 2.33. The Morgan fingerprint density at radius 2 is 1.96 bits per heavy atom. The quantitative estimate of drug-likeness (QED) is 0.738. The second-order valence-electron chi connectivity index (χ2n) is 5.90. The van der Waals surface area contributed by atoms with Crippen LogP contribution in [0.25, 0.3) is 0 Å². The molecule has 142 valence electrons. The van der Waals surface area contributed by atoms with Crippen molar-refractivity contribution in [3.63, 3.8) is 0 Å². The minimum atomic E-state index is -4.53. The first-order valence-electron chi connectivity index (χ1n) is 7.94. The largest absolute Gasteiger partial charge is 0.484 e. The van der Waals surface area contributed by atoms with Crippen LogP contribution in [0.5, 0.6) is 5.75 Å². The lowest BCUT2D eigenvalue weighted by Gasteiger charge is -2.17. The fraction of sp³-hybridized carbons (Fsp3) is 0.222. The number of hydrogen-bond donors (Lipinski definition) is 2. The number of rotatable bonds is 4. The van der Waals surface area contributed by atoms with Crippen LogP contribution in [0, 0.1) is 0 Å². The van der Waals surface area contributed by atoms with Crippen LogP contribution in [0.3, 0.4) is 0 Å². The third kappa shape index (κ3) is 4.79. The first-order valence-corrected chi connectivity index (χ1v) is 8.74. The van der Waals surface area contributed by atoms with E-state index in [1.807, 2.05) is 0 Å². The van der Waals surface area contributed by atoms with Gasteiger partial charge >= 0.3 is 6.18 Å². The summed E-state index contributed by atoms with van der Waals surface area (Å²) >= 11 is 2.84. The number of anilines is 2. The molecule has 2 N–H and O–H groups in total. The van der Waals surface area contributed by atoms with Crippen LogP contribution >= 0.6 is 15.9 Å². The smallest absolute Gasteiger partial charge is 0.417 e. The van der Waals surface area contributed by atoms with Crippen LogP contribution in [-0.4, -0.2) is 18.4 Å². The van der Waals surface area contributed by atoms with Crippen molar-refractivity contribution >= 4 is 39.1 Å². The van der Waals surface area contributed by atoms with Crippen molar-refractivity contribution in [2.24, 2.45) is 0 Å². The number of hydrogen-bond acceptors (Lipinski definition) is 3. The molecule has 1 aliphatic heterocycles. The van der Waals surface area contributed by atoms with Crippen molar-refractivity contribution in [3.05, 3.63) is 52.0 Å². The Bertz CT molecular complexity index is 900. The fourth-order valence-corrected chi connectivity index (χ4v) is 3.09. The molecule has 0 radical (unpaired) electrons. The van der Waals surface area contributed by atoms with E-state index in [2.05, 4.69) is 26.6 Å². The van der Waals surface area contributed by atoms with Crippen LogP contribution in [0.15, 0.2) is 40.9 Å². The molecule has 2 aromatic carbocycles. The van der Waals surface area contributed by atoms with Gasteiger partial charge in [0.2, 0.25) is 5.91 Å². The maximum absolute atomic E-state index is 12.9. The number of fused-ring (bicyclic) bond motifs is 1. The van der Waals surface area contributed by atoms with Crippen LogP contribution in [0.2, 0.25) is 0 Å². The summed E-state index contributed by atoms with van der Waals surface area (Å²) in [5, 5.41) is 5.12. The number of ether oxygens (including phenoxy) is 1. The Hall–Kier alpha value is -2.55. The van der Waals surface area contributed by atoms with Crippen molar-refractivity contribution in [2.75, 3.05) is 17.2 Å². The highest BCUT2D eigenvalue weighted by Crippen LogP contribution is 2.36. The van der Waals surface area contributed by atoms with Gasteiger partial charge in [-0.2, -0.15) is 13.2 Å². The lowest BCUT2D eigenvalue weighted by atomic mass is 10.0. The Morgan fingerprint density at radius 3 is 2.70 bits per heavy atom. The normalized spacial score (nSPS) is 13.6. The molecule has 0 bridgehead atoms. The summed E-state index contributed by atoms with van der Waals surface area (Å²) in [5.41, 5.74) is 0.748. The van der Waals surface area contributed by atoms with Gasteiger partial charge in [-0.3, -0.25) is 9.59 Å². The molecule has 27 heavy (non-hydrogen) atoms. The molecule has 1 aliphatic rings. The van der Waals surface area contributed by atoms with Crippen molar-refractivity contribution in [1.82, 2.24) is 0 Å². The Labute approximate surface area is 161 Å². The van der Waals surface area contributed by atoms with Crippen LogP contribution < -0.4 is 15.4 Å². The molecule has 0 saturated carbocycles. The number of amides is 2. The zero-order valence-electron chi connectivity index (χ0n) is 13.8. The molecule has 0 aliphatic carbocycles. The van der Waals surface area contributed by atoms with Crippen molar-refractivity contribution in [1.29, 1.82) is 0 Å². The van der Waals surface area contributed by atoms with Crippen molar-refractivity contribution in [2.45, 2.75) is 19.0 Å². The second kappa shape index (κ2) is 7.59. The maximum Gasteiger partial charge on any atom is 0.417 e. The number of aryl methyl sites for hydroxylation is 1. The van der Waals surface area contributed by atoms with E-state index >= 15 is 0 Å². The molecule has 0 saturated heterocycles. The predicted molar refractivity (Wildman–Crippen MR) is 96.7 cm³/mol. The summed E-state index contributed by atoms with van der Waals surface area (Å²) in [7, 11) is 0. The number of alkyl halides is 3. The molecule has 1 heterocycles. The zero-order valence-corrected chi connectivity index (χ0v) is 15.4. The van der Waals surface area contributed by atoms with Gasteiger partial charge < -0.3 is 15.4 Å². The zero-order chi connectivity index (χ0) is 19.6. The van der Waals surface area contributed by atoms with Crippen molar-refractivity contribution in [3.8, 4) is 5.75 Å². The molecule has 0 fully saturated rings. The summed E-state index contributed by atoms with van der Waals surface area (Å²) in [4.78, 5) is 23.3. The van der Waals surface area contributed by atoms with Gasteiger partial charge in [0.25, 0.3) is 5.91 Å². The molecular weight excluding hydrogens is 429 g/mol. The van der Waals surface area contributed by atoms with E-state index < -0.39 is 17.6 Å². The monoisotopic (exact) mass is 442 g/mol. The molecule has 9 heteroatoms. The number of nitrogens with one attached hydrogen (secondary N) is 2.